The molecule has 6 heteroatoms. The molecule has 4 nitrogen and oxygen atoms in total. The van der Waals surface area contributed by atoms with Gasteiger partial charge in [0.25, 0.3) is 0 Å². The molecule has 2 rings (SSSR count). The van der Waals surface area contributed by atoms with Gasteiger partial charge in [0.05, 0.1) is 33.2 Å². The monoisotopic (exact) mass is 371 g/mol. The van der Waals surface area contributed by atoms with Gasteiger partial charge in [0.2, 0.25) is 0 Å². The van der Waals surface area contributed by atoms with Gasteiger partial charge in [-0.25, -0.2) is 4.68 Å². The molecule has 1 N–H and O–H groups in total. The van der Waals surface area contributed by atoms with E-state index in [1.807, 2.05) is 30.7 Å². The number of ether oxygens (including phenoxy) is 1. The lowest BCUT2D eigenvalue weighted by Crippen LogP contribution is -2.20. The summed E-state index contributed by atoms with van der Waals surface area (Å²) >= 11 is 9.97. The summed E-state index contributed by atoms with van der Waals surface area (Å²) in [4.78, 5) is 0. The van der Waals surface area contributed by atoms with Crippen LogP contribution in [0.5, 0.6) is 0 Å². The highest BCUT2D eigenvalue weighted by Gasteiger charge is 2.15. The number of benzene rings is 1. The SMILES string of the molecule is COCCNCc1cccc(Cl)c1-n1nc(C)c(Br)c1C. The van der Waals surface area contributed by atoms with Crippen LogP contribution in [0, 0.1) is 13.8 Å². The van der Waals surface area contributed by atoms with Crippen molar-refractivity contribution in [3.63, 3.8) is 0 Å². The number of aromatic nitrogens is 2. The summed E-state index contributed by atoms with van der Waals surface area (Å²) in [6, 6.07) is 5.91. The normalized spacial score (nSPS) is 11.1. The molecule has 0 saturated heterocycles. The quantitative estimate of drug-likeness (QED) is 0.787. The number of halogens is 2. The highest BCUT2D eigenvalue weighted by atomic mass is 79.9. The summed E-state index contributed by atoms with van der Waals surface area (Å²) in [5.74, 6) is 0. The van der Waals surface area contributed by atoms with Crippen LogP contribution in [0.15, 0.2) is 22.7 Å². The molecule has 0 amide bonds. The van der Waals surface area contributed by atoms with Gasteiger partial charge in [0.1, 0.15) is 0 Å². The second-order valence-corrected chi connectivity index (χ2v) is 6.01. The van der Waals surface area contributed by atoms with E-state index >= 15 is 0 Å². The lowest BCUT2D eigenvalue weighted by molar-refractivity contribution is 0.199. The van der Waals surface area contributed by atoms with Crippen molar-refractivity contribution in [2.75, 3.05) is 20.3 Å². The number of nitrogens with zero attached hydrogens (tertiary/aromatic N) is 2. The maximum Gasteiger partial charge on any atom is 0.0880 e. The van der Waals surface area contributed by atoms with Gasteiger partial charge in [-0.3, -0.25) is 0 Å². The second-order valence-electron chi connectivity index (χ2n) is 4.81. The van der Waals surface area contributed by atoms with E-state index in [2.05, 4.69) is 32.4 Å². The summed E-state index contributed by atoms with van der Waals surface area (Å²) in [5.41, 5.74) is 4.02. The number of aryl methyl sites for hydroxylation is 1. The Kier molecular flexibility index (Phi) is 5.81. The van der Waals surface area contributed by atoms with E-state index in [1.165, 1.54) is 0 Å². The van der Waals surface area contributed by atoms with Gasteiger partial charge >= 0.3 is 0 Å². The molecule has 0 unspecified atom stereocenters. The number of rotatable bonds is 6. The fourth-order valence-corrected chi connectivity index (χ4v) is 2.70. The molecule has 0 radical (unpaired) electrons. The molecular formula is C15H19BrClN3O. The zero-order chi connectivity index (χ0) is 15.4. The molecule has 0 aliphatic carbocycles. The number of para-hydroxylation sites is 1. The number of hydrogen-bond donors (Lipinski definition) is 1. The Bertz CT molecular complexity index is 628. The van der Waals surface area contributed by atoms with Gasteiger partial charge in [0, 0.05) is 20.2 Å². The summed E-state index contributed by atoms with van der Waals surface area (Å²) in [5, 5.41) is 8.62. The van der Waals surface area contributed by atoms with E-state index in [4.69, 9.17) is 16.3 Å². The van der Waals surface area contributed by atoms with E-state index < -0.39 is 0 Å². The van der Waals surface area contributed by atoms with E-state index in [0.717, 1.165) is 40.2 Å². The first-order valence-electron chi connectivity index (χ1n) is 6.75. The fraction of sp³-hybridized carbons (Fsp3) is 0.400. The van der Waals surface area contributed by atoms with Crippen molar-refractivity contribution in [2.24, 2.45) is 0 Å². The maximum absolute atomic E-state index is 6.41. The Labute approximate surface area is 138 Å². The van der Waals surface area contributed by atoms with Gasteiger partial charge < -0.3 is 10.1 Å². The average molecular weight is 373 g/mol. The first kappa shape index (κ1) is 16.5. The average Bonchev–Trinajstić information content (AvgIpc) is 2.71. The van der Waals surface area contributed by atoms with Crippen molar-refractivity contribution in [3.05, 3.63) is 44.6 Å². The van der Waals surface area contributed by atoms with E-state index in [0.29, 0.717) is 11.6 Å². The topological polar surface area (TPSA) is 39.1 Å². The van der Waals surface area contributed by atoms with Gasteiger partial charge in [-0.2, -0.15) is 5.10 Å². The van der Waals surface area contributed by atoms with Crippen LogP contribution in [0.25, 0.3) is 5.69 Å². The summed E-state index contributed by atoms with van der Waals surface area (Å²) < 4.78 is 7.96. The Hall–Kier alpha value is -0.880. The van der Waals surface area contributed by atoms with Crippen molar-refractivity contribution in [1.29, 1.82) is 0 Å². The van der Waals surface area contributed by atoms with Crippen LogP contribution < -0.4 is 5.32 Å². The largest absolute Gasteiger partial charge is 0.383 e. The Morgan fingerprint density at radius 1 is 1.38 bits per heavy atom. The molecule has 0 saturated carbocycles. The molecule has 1 heterocycles. The Balaban J connectivity index is 2.35. The van der Waals surface area contributed by atoms with Crippen LogP contribution in [0.3, 0.4) is 0 Å². The van der Waals surface area contributed by atoms with E-state index in [1.54, 1.807) is 7.11 Å². The van der Waals surface area contributed by atoms with Crippen LogP contribution in [0.1, 0.15) is 17.0 Å². The van der Waals surface area contributed by atoms with Gasteiger partial charge in [-0.15, -0.1) is 0 Å². The third-order valence-electron chi connectivity index (χ3n) is 3.28. The molecule has 0 fully saturated rings. The minimum atomic E-state index is 0.682. The summed E-state index contributed by atoms with van der Waals surface area (Å²) in [6.45, 7) is 6.19. The zero-order valence-corrected chi connectivity index (χ0v) is 14.8. The molecule has 114 valence electrons. The third kappa shape index (κ3) is 3.66. The lowest BCUT2D eigenvalue weighted by Gasteiger charge is -2.14. The van der Waals surface area contributed by atoms with E-state index in [-0.39, 0.29) is 0 Å². The minimum Gasteiger partial charge on any atom is -0.383 e. The fourth-order valence-electron chi connectivity index (χ4n) is 2.18. The van der Waals surface area contributed by atoms with Gasteiger partial charge in [-0.1, -0.05) is 23.7 Å². The molecule has 0 aliphatic heterocycles. The smallest absolute Gasteiger partial charge is 0.0880 e. The first-order valence-corrected chi connectivity index (χ1v) is 7.92. The maximum atomic E-state index is 6.41. The van der Waals surface area contributed by atoms with Crippen LogP contribution >= 0.6 is 27.5 Å². The van der Waals surface area contributed by atoms with Crippen molar-refractivity contribution in [3.8, 4) is 5.69 Å². The molecule has 0 spiro atoms. The van der Waals surface area contributed by atoms with Crippen molar-refractivity contribution < 1.29 is 4.74 Å². The van der Waals surface area contributed by atoms with Crippen molar-refractivity contribution in [1.82, 2.24) is 15.1 Å². The number of methoxy groups -OCH3 is 1. The lowest BCUT2D eigenvalue weighted by atomic mass is 10.1. The highest BCUT2D eigenvalue weighted by molar-refractivity contribution is 9.10. The molecular weight excluding hydrogens is 354 g/mol. The Morgan fingerprint density at radius 3 is 2.76 bits per heavy atom. The number of hydrogen-bond acceptors (Lipinski definition) is 3. The third-order valence-corrected chi connectivity index (χ3v) is 4.74. The van der Waals surface area contributed by atoms with Crippen molar-refractivity contribution in [2.45, 2.75) is 20.4 Å². The predicted octanol–water partition coefficient (Wildman–Crippen LogP) is 3.64. The van der Waals surface area contributed by atoms with E-state index in [9.17, 15) is 0 Å². The second kappa shape index (κ2) is 7.40. The molecule has 1 aromatic carbocycles. The highest BCUT2D eigenvalue weighted by Crippen LogP contribution is 2.29. The van der Waals surface area contributed by atoms with Gasteiger partial charge in [0.15, 0.2) is 0 Å². The number of nitrogens with one attached hydrogen (secondary N) is 1. The van der Waals surface area contributed by atoms with Crippen LogP contribution in [-0.4, -0.2) is 30.0 Å². The standard InChI is InChI=1S/C15H19BrClN3O/c1-10-14(16)11(2)20(19-10)15-12(5-4-6-13(15)17)9-18-7-8-21-3/h4-6,18H,7-9H2,1-3H3. The first-order chi connectivity index (χ1) is 10.1. The Morgan fingerprint density at radius 2 is 2.14 bits per heavy atom. The molecule has 1 aromatic heterocycles. The predicted molar refractivity (Wildman–Crippen MR) is 89.3 cm³/mol. The van der Waals surface area contributed by atoms with Crippen LogP contribution in [-0.2, 0) is 11.3 Å². The molecule has 0 aliphatic rings. The molecule has 0 bridgehead atoms. The minimum absolute atomic E-state index is 0.682. The molecule has 2 aromatic rings. The summed E-state index contributed by atoms with van der Waals surface area (Å²) in [7, 11) is 1.69. The molecule has 0 atom stereocenters. The van der Waals surface area contributed by atoms with Crippen LogP contribution in [0.4, 0.5) is 0 Å². The van der Waals surface area contributed by atoms with Crippen molar-refractivity contribution >= 4 is 27.5 Å². The summed E-state index contributed by atoms with van der Waals surface area (Å²) in [6.07, 6.45) is 0. The van der Waals surface area contributed by atoms with Gasteiger partial charge in [-0.05, 0) is 41.4 Å². The molecule has 21 heavy (non-hydrogen) atoms. The zero-order valence-electron chi connectivity index (χ0n) is 12.4. The van der Waals surface area contributed by atoms with Crippen LogP contribution in [0.2, 0.25) is 5.02 Å².